The van der Waals surface area contributed by atoms with Crippen LogP contribution in [0.15, 0.2) is 42.5 Å². The molecule has 2 rings (SSSR count). The summed E-state index contributed by atoms with van der Waals surface area (Å²) in [6.07, 6.45) is 1.43. The fourth-order valence-electron chi connectivity index (χ4n) is 2.12. The Morgan fingerprint density at radius 2 is 1.92 bits per heavy atom. The lowest BCUT2D eigenvalue weighted by Gasteiger charge is -2.16. The van der Waals surface area contributed by atoms with Crippen LogP contribution in [0.5, 0.6) is 17.2 Å². The van der Waals surface area contributed by atoms with Gasteiger partial charge in [-0.3, -0.25) is 14.3 Å². The number of sulfonamides is 1. The molecule has 8 nitrogen and oxygen atoms in total. The standard InChI is InChI=1S/C17H18N2O6S/c1-19(11-20)10-16(22)13-8-17(25-12-6-4-3-5-7-12)14(9-15(13)21)18-26(2,23)24/h3-9,11,18,21H,10H2,1-2H3. The quantitative estimate of drug-likeness (QED) is 0.535. The molecule has 0 saturated heterocycles. The van der Waals surface area contributed by atoms with Gasteiger partial charge in [0, 0.05) is 13.1 Å². The highest BCUT2D eigenvalue weighted by molar-refractivity contribution is 7.92. The van der Waals surface area contributed by atoms with Gasteiger partial charge in [0.2, 0.25) is 16.4 Å². The molecular formula is C17H18N2O6S. The van der Waals surface area contributed by atoms with Crippen LogP contribution in [0.3, 0.4) is 0 Å². The van der Waals surface area contributed by atoms with Crippen molar-refractivity contribution in [1.29, 1.82) is 0 Å². The van der Waals surface area contributed by atoms with Gasteiger partial charge in [0.05, 0.1) is 24.1 Å². The van der Waals surface area contributed by atoms with Crippen LogP contribution in [0.4, 0.5) is 5.69 Å². The first kappa shape index (κ1) is 19.3. The van der Waals surface area contributed by atoms with E-state index in [4.69, 9.17) is 4.74 Å². The highest BCUT2D eigenvalue weighted by Crippen LogP contribution is 2.36. The van der Waals surface area contributed by atoms with Gasteiger partial charge < -0.3 is 14.7 Å². The molecule has 1 amide bonds. The van der Waals surface area contributed by atoms with Gasteiger partial charge in [0.25, 0.3) is 0 Å². The smallest absolute Gasteiger partial charge is 0.229 e. The predicted molar refractivity (Wildman–Crippen MR) is 96.1 cm³/mol. The number of carbonyl (C=O) groups is 2. The molecule has 0 bridgehead atoms. The zero-order valence-electron chi connectivity index (χ0n) is 14.2. The number of phenols is 1. The number of ether oxygens (including phenoxy) is 1. The maximum absolute atomic E-state index is 12.3. The first-order valence-electron chi connectivity index (χ1n) is 7.46. The third kappa shape index (κ3) is 5.21. The van der Waals surface area contributed by atoms with Crippen LogP contribution in [0.2, 0.25) is 0 Å². The van der Waals surface area contributed by atoms with Crippen molar-refractivity contribution in [3.8, 4) is 17.2 Å². The summed E-state index contributed by atoms with van der Waals surface area (Å²) in [5.74, 6) is -0.503. The lowest BCUT2D eigenvalue weighted by Crippen LogP contribution is -2.24. The van der Waals surface area contributed by atoms with Crippen LogP contribution in [0, 0.1) is 0 Å². The summed E-state index contributed by atoms with van der Waals surface area (Å²) in [6, 6.07) is 10.9. The number of amides is 1. The number of nitrogens with zero attached hydrogens (tertiary/aromatic N) is 1. The number of ketones is 1. The normalized spacial score (nSPS) is 10.8. The van der Waals surface area contributed by atoms with Gasteiger partial charge >= 0.3 is 0 Å². The zero-order valence-corrected chi connectivity index (χ0v) is 15.0. The molecule has 0 radical (unpaired) electrons. The molecule has 0 atom stereocenters. The van der Waals surface area contributed by atoms with E-state index in [9.17, 15) is 23.1 Å². The monoisotopic (exact) mass is 378 g/mol. The highest BCUT2D eigenvalue weighted by Gasteiger charge is 2.19. The zero-order chi connectivity index (χ0) is 19.3. The number of anilines is 1. The summed E-state index contributed by atoms with van der Waals surface area (Å²) >= 11 is 0. The number of hydrogen-bond acceptors (Lipinski definition) is 6. The van der Waals surface area contributed by atoms with E-state index in [-0.39, 0.29) is 23.5 Å². The minimum atomic E-state index is -3.65. The summed E-state index contributed by atoms with van der Waals surface area (Å²) in [5, 5.41) is 10.1. The number of hydrogen-bond donors (Lipinski definition) is 2. The number of aromatic hydroxyl groups is 1. The van der Waals surface area contributed by atoms with Gasteiger partial charge in [-0.2, -0.15) is 0 Å². The molecule has 9 heteroatoms. The lowest BCUT2D eigenvalue weighted by atomic mass is 10.1. The molecule has 26 heavy (non-hydrogen) atoms. The predicted octanol–water partition coefficient (Wildman–Crippen LogP) is 1.83. The van der Waals surface area contributed by atoms with E-state index in [2.05, 4.69) is 4.72 Å². The molecule has 0 spiro atoms. The Morgan fingerprint density at radius 1 is 1.27 bits per heavy atom. The second-order valence-electron chi connectivity index (χ2n) is 5.60. The largest absolute Gasteiger partial charge is 0.507 e. The Balaban J connectivity index is 2.47. The van der Waals surface area contributed by atoms with Crippen LogP contribution in [-0.2, 0) is 14.8 Å². The maximum atomic E-state index is 12.3. The Labute approximate surface area is 151 Å². The number of benzene rings is 2. The number of likely N-dealkylation sites (N-methyl/N-ethyl adjacent to an activating group) is 1. The van der Waals surface area contributed by atoms with Crippen molar-refractivity contribution in [1.82, 2.24) is 4.90 Å². The number of Topliss-reactive ketones (excluding diaryl/α,β-unsaturated/α-hetero) is 1. The Hall–Kier alpha value is -3.07. The van der Waals surface area contributed by atoms with E-state index in [1.54, 1.807) is 30.3 Å². The van der Waals surface area contributed by atoms with Crippen molar-refractivity contribution in [3.05, 3.63) is 48.0 Å². The van der Waals surface area contributed by atoms with Gasteiger partial charge in [0.1, 0.15) is 11.5 Å². The summed E-state index contributed by atoms with van der Waals surface area (Å²) in [4.78, 5) is 24.1. The van der Waals surface area contributed by atoms with Crippen LogP contribution in [0.1, 0.15) is 10.4 Å². The van der Waals surface area contributed by atoms with Crippen molar-refractivity contribution in [2.75, 3.05) is 24.6 Å². The Morgan fingerprint density at radius 3 is 2.50 bits per heavy atom. The van der Waals surface area contributed by atoms with Crippen molar-refractivity contribution in [2.45, 2.75) is 0 Å². The molecule has 2 aromatic carbocycles. The summed E-state index contributed by atoms with van der Waals surface area (Å²) in [5.41, 5.74) is -0.113. The first-order valence-corrected chi connectivity index (χ1v) is 9.35. The Bertz CT molecular complexity index is 912. The van der Waals surface area contributed by atoms with Crippen molar-refractivity contribution >= 4 is 27.9 Å². The van der Waals surface area contributed by atoms with Gasteiger partial charge in [-0.15, -0.1) is 0 Å². The highest BCUT2D eigenvalue weighted by atomic mass is 32.2. The fraction of sp³-hybridized carbons (Fsp3) is 0.176. The van der Waals surface area contributed by atoms with Gasteiger partial charge in [0.15, 0.2) is 11.5 Å². The summed E-state index contributed by atoms with van der Waals surface area (Å²) in [6.45, 7) is -0.249. The van der Waals surface area contributed by atoms with Crippen molar-refractivity contribution < 1.29 is 27.9 Å². The minimum Gasteiger partial charge on any atom is -0.507 e. The van der Waals surface area contributed by atoms with Gasteiger partial charge in [-0.05, 0) is 18.2 Å². The van der Waals surface area contributed by atoms with Crippen molar-refractivity contribution in [2.24, 2.45) is 0 Å². The number of rotatable bonds is 8. The van der Waals surface area contributed by atoms with Crippen LogP contribution < -0.4 is 9.46 Å². The van der Waals surface area contributed by atoms with E-state index in [1.807, 2.05) is 0 Å². The number of phenolic OH excluding ortho intramolecular Hbond substituents is 1. The van der Waals surface area contributed by atoms with Gasteiger partial charge in [-0.1, -0.05) is 18.2 Å². The van der Waals surface area contributed by atoms with Crippen LogP contribution in [-0.4, -0.2) is 50.5 Å². The average molecular weight is 378 g/mol. The Kier molecular flexibility index (Phi) is 5.83. The molecule has 2 N–H and O–H groups in total. The minimum absolute atomic E-state index is 0.0193. The van der Waals surface area contributed by atoms with E-state index in [0.29, 0.717) is 12.2 Å². The molecule has 0 aliphatic heterocycles. The third-order valence-corrected chi connectivity index (χ3v) is 3.83. The fourth-order valence-corrected chi connectivity index (χ4v) is 2.68. The number of para-hydroxylation sites is 1. The molecule has 2 aromatic rings. The molecule has 0 saturated carbocycles. The van der Waals surface area contributed by atoms with Crippen LogP contribution in [0.25, 0.3) is 0 Å². The molecule has 0 heterocycles. The molecular weight excluding hydrogens is 360 g/mol. The molecule has 0 aliphatic rings. The molecule has 0 unspecified atom stereocenters. The van der Waals surface area contributed by atoms with E-state index in [1.165, 1.54) is 13.1 Å². The van der Waals surface area contributed by atoms with E-state index < -0.39 is 21.6 Å². The second-order valence-corrected chi connectivity index (χ2v) is 7.35. The molecule has 0 fully saturated rings. The second kappa shape index (κ2) is 7.87. The van der Waals surface area contributed by atoms with E-state index >= 15 is 0 Å². The SMILES string of the molecule is CN(C=O)CC(=O)c1cc(Oc2ccccc2)c(NS(C)(=O)=O)cc1O. The van der Waals surface area contributed by atoms with Crippen LogP contribution >= 0.6 is 0 Å². The van der Waals surface area contributed by atoms with Gasteiger partial charge in [-0.25, -0.2) is 8.42 Å². The first-order chi connectivity index (χ1) is 12.2. The molecule has 0 aliphatic carbocycles. The number of carbonyl (C=O) groups excluding carboxylic acids is 2. The summed E-state index contributed by atoms with van der Waals surface area (Å²) in [7, 11) is -2.23. The third-order valence-electron chi connectivity index (χ3n) is 3.24. The van der Waals surface area contributed by atoms with Crippen molar-refractivity contribution in [3.63, 3.8) is 0 Å². The topological polar surface area (TPSA) is 113 Å². The molecule has 138 valence electrons. The number of nitrogens with one attached hydrogen (secondary N) is 1. The summed E-state index contributed by atoms with van der Waals surface area (Å²) < 4.78 is 31.0. The van der Waals surface area contributed by atoms with E-state index in [0.717, 1.165) is 17.2 Å². The lowest BCUT2D eigenvalue weighted by molar-refractivity contribution is -0.116. The molecule has 0 aromatic heterocycles. The average Bonchev–Trinajstić information content (AvgIpc) is 2.56. The maximum Gasteiger partial charge on any atom is 0.229 e.